The molecule has 2 fully saturated rings. The number of nitrogens with zero attached hydrogens (tertiary/aromatic N) is 4. The monoisotopic (exact) mass is 352 g/mol. The van der Waals surface area contributed by atoms with Crippen molar-refractivity contribution < 1.29 is 19.1 Å². The van der Waals surface area contributed by atoms with Gasteiger partial charge in [-0.15, -0.1) is 10.2 Å². The molecule has 3 heterocycles. The van der Waals surface area contributed by atoms with Crippen molar-refractivity contribution in [1.82, 2.24) is 20.0 Å². The molecule has 140 valence electrons. The van der Waals surface area contributed by atoms with Crippen molar-refractivity contribution in [3.8, 4) is 0 Å². The average Bonchev–Trinajstić information content (AvgIpc) is 3.21. The van der Waals surface area contributed by atoms with E-state index in [-0.39, 0.29) is 11.8 Å². The van der Waals surface area contributed by atoms with Crippen molar-refractivity contribution in [3.63, 3.8) is 0 Å². The minimum atomic E-state index is -0.817. The van der Waals surface area contributed by atoms with E-state index in [1.54, 1.807) is 4.90 Å². The van der Waals surface area contributed by atoms with E-state index in [2.05, 4.69) is 15.1 Å². The second-order valence-electron chi connectivity index (χ2n) is 7.37. The number of aromatic nitrogens is 2. The van der Waals surface area contributed by atoms with Gasteiger partial charge in [0, 0.05) is 44.9 Å². The van der Waals surface area contributed by atoms with Crippen LogP contribution in [0.2, 0.25) is 0 Å². The topological polar surface area (TPSA) is 91.9 Å². The van der Waals surface area contributed by atoms with E-state index in [9.17, 15) is 9.90 Å². The number of morpholine rings is 1. The molecule has 1 amide bonds. The molecule has 0 unspecified atom stereocenters. The summed E-state index contributed by atoms with van der Waals surface area (Å²) in [6.07, 6.45) is 1.39. The molecule has 0 aliphatic carbocycles. The van der Waals surface area contributed by atoms with Crippen LogP contribution < -0.4 is 0 Å². The summed E-state index contributed by atoms with van der Waals surface area (Å²) < 4.78 is 10.9. The van der Waals surface area contributed by atoms with Crippen LogP contribution in [0.1, 0.15) is 44.4 Å². The standard InChI is InChI=1S/C17H28N4O4/c1-13(2)16-19-18-14(25-16)3-4-15(22)21-6-5-17(23,12-21)11-20-7-9-24-10-8-20/h13,23H,3-12H2,1-2H3/t17-/m1/s1. The Hall–Kier alpha value is -1.51. The number of β-amino-alcohol motifs (C(OH)–C–C–N with tert-alkyl or cyclic N) is 1. The van der Waals surface area contributed by atoms with Crippen molar-refractivity contribution in [2.45, 2.75) is 44.6 Å². The molecule has 0 radical (unpaired) electrons. The fourth-order valence-electron chi connectivity index (χ4n) is 3.35. The number of carbonyl (C=O) groups excluding carboxylic acids is 1. The molecule has 1 aromatic rings. The molecule has 1 N–H and O–H groups in total. The molecule has 1 atom stereocenters. The van der Waals surface area contributed by atoms with Crippen LogP contribution >= 0.6 is 0 Å². The Morgan fingerprint density at radius 2 is 2.04 bits per heavy atom. The molecular weight excluding hydrogens is 324 g/mol. The van der Waals surface area contributed by atoms with Crippen molar-refractivity contribution in [2.24, 2.45) is 0 Å². The van der Waals surface area contributed by atoms with Crippen LogP contribution in [0.4, 0.5) is 0 Å². The van der Waals surface area contributed by atoms with Crippen molar-refractivity contribution in [1.29, 1.82) is 0 Å². The first-order valence-corrected chi connectivity index (χ1v) is 9.08. The molecule has 2 aliphatic heterocycles. The summed E-state index contributed by atoms with van der Waals surface area (Å²) >= 11 is 0. The highest BCUT2D eigenvalue weighted by Crippen LogP contribution is 2.24. The lowest BCUT2D eigenvalue weighted by Crippen LogP contribution is -2.49. The van der Waals surface area contributed by atoms with Gasteiger partial charge in [0.05, 0.1) is 25.4 Å². The molecule has 8 heteroatoms. The summed E-state index contributed by atoms with van der Waals surface area (Å²) in [7, 11) is 0. The largest absolute Gasteiger partial charge is 0.425 e. The number of rotatable bonds is 6. The van der Waals surface area contributed by atoms with Gasteiger partial charge in [0.1, 0.15) is 0 Å². The summed E-state index contributed by atoms with van der Waals surface area (Å²) in [4.78, 5) is 16.4. The fraction of sp³-hybridized carbons (Fsp3) is 0.824. The zero-order valence-electron chi connectivity index (χ0n) is 15.1. The smallest absolute Gasteiger partial charge is 0.223 e. The first kappa shape index (κ1) is 18.3. The Balaban J connectivity index is 1.46. The van der Waals surface area contributed by atoms with Gasteiger partial charge in [-0.25, -0.2) is 0 Å². The van der Waals surface area contributed by atoms with E-state index in [4.69, 9.17) is 9.15 Å². The third kappa shape index (κ3) is 4.77. The second-order valence-corrected chi connectivity index (χ2v) is 7.37. The van der Waals surface area contributed by atoms with Gasteiger partial charge in [0.25, 0.3) is 0 Å². The summed E-state index contributed by atoms with van der Waals surface area (Å²) in [5.41, 5.74) is -0.817. The van der Waals surface area contributed by atoms with E-state index in [0.29, 0.717) is 63.9 Å². The van der Waals surface area contributed by atoms with E-state index < -0.39 is 5.60 Å². The number of likely N-dealkylation sites (tertiary alicyclic amines) is 1. The lowest BCUT2D eigenvalue weighted by Gasteiger charge is -2.33. The number of carbonyl (C=O) groups is 1. The Labute approximate surface area is 148 Å². The van der Waals surface area contributed by atoms with Gasteiger partial charge in [-0.3, -0.25) is 9.69 Å². The second kappa shape index (κ2) is 7.80. The minimum absolute atomic E-state index is 0.0298. The summed E-state index contributed by atoms with van der Waals surface area (Å²) in [6.45, 7) is 8.66. The van der Waals surface area contributed by atoms with Crippen LogP contribution in [0.5, 0.6) is 0 Å². The Morgan fingerprint density at radius 1 is 1.28 bits per heavy atom. The molecule has 2 saturated heterocycles. The molecule has 2 aliphatic rings. The summed E-state index contributed by atoms with van der Waals surface area (Å²) in [6, 6.07) is 0. The third-order valence-corrected chi connectivity index (χ3v) is 4.84. The molecule has 8 nitrogen and oxygen atoms in total. The Morgan fingerprint density at radius 3 is 2.72 bits per heavy atom. The van der Waals surface area contributed by atoms with E-state index >= 15 is 0 Å². The number of hydrogen-bond donors (Lipinski definition) is 1. The highest BCUT2D eigenvalue weighted by atomic mass is 16.5. The number of amides is 1. The van der Waals surface area contributed by atoms with E-state index in [1.165, 1.54) is 0 Å². The lowest BCUT2D eigenvalue weighted by molar-refractivity contribution is -0.131. The molecule has 0 saturated carbocycles. The fourth-order valence-corrected chi connectivity index (χ4v) is 3.35. The van der Waals surface area contributed by atoms with Crippen molar-refractivity contribution >= 4 is 5.91 Å². The van der Waals surface area contributed by atoms with Crippen LogP contribution in [-0.2, 0) is 16.0 Å². The van der Waals surface area contributed by atoms with Gasteiger partial charge in [-0.1, -0.05) is 13.8 Å². The van der Waals surface area contributed by atoms with Gasteiger partial charge in [0.15, 0.2) is 0 Å². The summed E-state index contributed by atoms with van der Waals surface area (Å²) in [5.74, 6) is 1.32. The number of aryl methyl sites for hydroxylation is 1. The number of hydrogen-bond acceptors (Lipinski definition) is 7. The average molecular weight is 352 g/mol. The van der Waals surface area contributed by atoms with Crippen LogP contribution in [0.15, 0.2) is 4.42 Å². The zero-order valence-corrected chi connectivity index (χ0v) is 15.1. The molecule has 0 aromatic carbocycles. The molecule has 0 bridgehead atoms. The lowest BCUT2D eigenvalue weighted by atomic mass is 10.0. The predicted molar refractivity (Wildman–Crippen MR) is 90.1 cm³/mol. The number of aliphatic hydroxyl groups is 1. The maximum atomic E-state index is 12.4. The van der Waals surface area contributed by atoms with Crippen molar-refractivity contribution in [3.05, 3.63) is 11.8 Å². The molecule has 3 rings (SSSR count). The van der Waals surface area contributed by atoms with Crippen LogP contribution in [0.3, 0.4) is 0 Å². The third-order valence-electron chi connectivity index (χ3n) is 4.84. The van der Waals surface area contributed by atoms with E-state index in [1.807, 2.05) is 13.8 Å². The molecule has 25 heavy (non-hydrogen) atoms. The maximum Gasteiger partial charge on any atom is 0.223 e. The normalized spacial score (nSPS) is 25.0. The van der Waals surface area contributed by atoms with Crippen LogP contribution in [0, 0.1) is 0 Å². The highest BCUT2D eigenvalue weighted by molar-refractivity contribution is 5.76. The zero-order chi connectivity index (χ0) is 17.9. The first-order valence-electron chi connectivity index (χ1n) is 9.08. The van der Waals surface area contributed by atoms with Crippen molar-refractivity contribution in [2.75, 3.05) is 45.9 Å². The van der Waals surface area contributed by atoms with Gasteiger partial charge in [-0.05, 0) is 6.42 Å². The number of ether oxygens (including phenoxy) is 1. The van der Waals surface area contributed by atoms with Gasteiger partial charge in [-0.2, -0.15) is 0 Å². The van der Waals surface area contributed by atoms with Crippen LogP contribution in [0.25, 0.3) is 0 Å². The molecule has 1 aromatic heterocycles. The minimum Gasteiger partial charge on any atom is -0.425 e. The quantitative estimate of drug-likeness (QED) is 0.793. The molecular formula is C17H28N4O4. The van der Waals surface area contributed by atoms with Gasteiger partial charge in [0.2, 0.25) is 17.7 Å². The highest BCUT2D eigenvalue weighted by Gasteiger charge is 2.39. The Bertz CT molecular complexity index is 585. The molecule has 0 spiro atoms. The van der Waals surface area contributed by atoms with E-state index in [0.717, 1.165) is 13.1 Å². The SMILES string of the molecule is CC(C)c1nnc(CCC(=O)N2CC[C@@](O)(CN3CCOCC3)C2)o1. The summed E-state index contributed by atoms with van der Waals surface area (Å²) in [5, 5.41) is 18.8. The van der Waals surface area contributed by atoms with Crippen LogP contribution in [-0.4, -0.2) is 82.5 Å². The van der Waals surface area contributed by atoms with Gasteiger partial charge < -0.3 is 19.2 Å². The maximum absolute atomic E-state index is 12.4. The van der Waals surface area contributed by atoms with Gasteiger partial charge >= 0.3 is 0 Å². The Kier molecular flexibility index (Phi) is 5.71. The predicted octanol–water partition coefficient (Wildman–Crippen LogP) is 0.421. The first-order chi connectivity index (χ1) is 12.0.